The highest BCUT2D eigenvalue weighted by molar-refractivity contribution is 7.98. The maximum absolute atomic E-state index is 12.3. The predicted octanol–water partition coefficient (Wildman–Crippen LogP) is 2.94. The fourth-order valence-electron chi connectivity index (χ4n) is 1.62. The van der Waals surface area contributed by atoms with Crippen molar-refractivity contribution in [2.24, 2.45) is 0 Å². The molecule has 0 aliphatic carbocycles. The maximum atomic E-state index is 12.3. The van der Waals surface area contributed by atoms with Crippen LogP contribution in [0.15, 0.2) is 24.3 Å². The molecule has 0 atom stereocenters. The Bertz CT molecular complexity index is 382. The summed E-state index contributed by atoms with van der Waals surface area (Å²) in [5.74, 6) is 1.05. The number of carbonyl (C=O) groups is 1. The van der Waals surface area contributed by atoms with Gasteiger partial charge in [0.05, 0.1) is 5.56 Å². The van der Waals surface area contributed by atoms with E-state index < -0.39 is 0 Å². The molecular weight excluding hydrogens is 244 g/mol. The summed E-state index contributed by atoms with van der Waals surface area (Å²) in [7, 11) is 1.86. The molecule has 0 bridgehead atoms. The van der Waals surface area contributed by atoms with Gasteiger partial charge in [0.2, 0.25) is 0 Å². The quantitative estimate of drug-likeness (QED) is 0.823. The summed E-state index contributed by atoms with van der Waals surface area (Å²) in [6.45, 7) is 3.78. The standard InChI is InChI=1S/C14H22N2OS/c1-4-9-15-13-8-6-5-7-12(13)14(17)16(2)10-11-18-3/h5-8,15H,4,9-11H2,1-3H3. The molecule has 0 unspecified atom stereocenters. The van der Waals surface area contributed by atoms with Crippen molar-refractivity contribution in [3.8, 4) is 0 Å². The lowest BCUT2D eigenvalue weighted by Crippen LogP contribution is -2.29. The Balaban J connectivity index is 2.77. The summed E-state index contributed by atoms with van der Waals surface area (Å²) < 4.78 is 0. The fourth-order valence-corrected chi connectivity index (χ4v) is 2.08. The number of thioether (sulfide) groups is 1. The molecule has 3 nitrogen and oxygen atoms in total. The lowest BCUT2D eigenvalue weighted by atomic mass is 10.1. The van der Waals surface area contributed by atoms with Crippen LogP contribution in [0.3, 0.4) is 0 Å². The molecule has 0 saturated heterocycles. The van der Waals surface area contributed by atoms with Gasteiger partial charge in [0.15, 0.2) is 0 Å². The lowest BCUT2D eigenvalue weighted by molar-refractivity contribution is 0.0804. The fraction of sp³-hybridized carbons (Fsp3) is 0.500. The van der Waals surface area contributed by atoms with Crippen LogP contribution in [0.1, 0.15) is 23.7 Å². The summed E-state index contributed by atoms with van der Waals surface area (Å²) in [5, 5.41) is 3.30. The topological polar surface area (TPSA) is 32.3 Å². The molecule has 0 fully saturated rings. The van der Waals surface area contributed by atoms with Gasteiger partial charge >= 0.3 is 0 Å². The zero-order valence-corrected chi connectivity index (χ0v) is 12.2. The van der Waals surface area contributed by atoms with Crippen LogP contribution in [0.2, 0.25) is 0 Å². The van der Waals surface area contributed by atoms with E-state index >= 15 is 0 Å². The van der Waals surface area contributed by atoms with E-state index in [0.29, 0.717) is 0 Å². The maximum Gasteiger partial charge on any atom is 0.255 e. The summed E-state index contributed by atoms with van der Waals surface area (Å²) in [6, 6.07) is 7.71. The number of rotatable bonds is 7. The van der Waals surface area contributed by atoms with E-state index in [9.17, 15) is 4.79 Å². The third kappa shape index (κ3) is 4.26. The number of anilines is 1. The minimum atomic E-state index is 0.0863. The van der Waals surface area contributed by atoms with Gasteiger partial charge in [0.1, 0.15) is 0 Å². The zero-order valence-electron chi connectivity index (χ0n) is 11.4. The largest absolute Gasteiger partial charge is 0.384 e. The number of para-hydroxylation sites is 1. The molecule has 4 heteroatoms. The van der Waals surface area contributed by atoms with Crippen molar-refractivity contribution in [3.63, 3.8) is 0 Å². The molecule has 0 radical (unpaired) electrons. The monoisotopic (exact) mass is 266 g/mol. The number of benzene rings is 1. The minimum absolute atomic E-state index is 0.0863. The first kappa shape index (κ1) is 14.9. The molecule has 1 rings (SSSR count). The van der Waals surface area contributed by atoms with Crippen LogP contribution in [0.25, 0.3) is 0 Å². The van der Waals surface area contributed by atoms with Crippen LogP contribution in [0.4, 0.5) is 5.69 Å². The van der Waals surface area contributed by atoms with Crippen molar-refractivity contribution in [3.05, 3.63) is 29.8 Å². The van der Waals surface area contributed by atoms with Gasteiger partial charge in [-0.3, -0.25) is 4.79 Å². The number of carbonyl (C=O) groups excluding carboxylic acids is 1. The SMILES string of the molecule is CCCNc1ccccc1C(=O)N(C)CCSC. The Morgan fingerprint density at radius 2 is 2.11 bits per heavy atom. The molecule has 18 heavy (non-hydrogen) atoms. The van der Waals surface area contributed by atoms with Crippen molar-refractivity contribution in [2.75, 3.05) is 37.5 Å². The molecule has 100 valence electrons. The summed E-state index contributed by atoms with van der Waals surface area (Å²) >= 11 is 1.75. The predicted molar refractivity (Wildman–Crippen MR) is 80.6 cm³/mol. The van der Waals surface area contributed by atoms with Crippen LogP contribution in [0, 0.1) is 0 Å². The highest BCUT2D eigenvalue weighted by Crippen LogP contribution is 2.17. The van der Waals surface area contributed by atoms with Gasteiger partial charge in [-0.1, -0.05) is 19.1 Å². The van der Waals surface area contributed by atoms with E-state index in [4.69, 9.17) is 0 Å². The summed E-state index contributed by atoms with van der Waals surface area (Å²) in [5.41, 5.74) is 1.69. The van der Waals surface area contributed by atoms with E-state index in [1.807, 2.05) is 31.3 Å². The second kappa shape index (κ2) is 8.03. The molecule has 1 amide bonds. The Morgan fingerprint density at radius 3 is 2.78 bits per heavy atom. The lowest BCUT2D eigenvalue weighted by Gasteiger charge is -2.19. The number of hydrogen-bond acceptors (Lipinski definition) is 3. The van der Waals surface area contributed by atoms with Crippen molar-refractivity contribution >= 4 is 23.4 Å². The summed E-state index contributed by atoms with van der Waals surface area (Å²) in [6.07, 6.45) is 3.10. The Labute approximate surface area is 114 Å². The molecular formula is C14H22N2OS. The minimum Gasteiger partial charge on any atom is -0.384 e. The Kier molecular flexibility index (Phi) is 6.65. The van der Waals surface area contributed by atoms with Gasteiger partial charge < -0.3 is 10.2 Å². The zero-order chi connectivity index (χ0) is 13.4. The second-order valence-corrected chi connectivity index (χ2v) is 5.18. The van der Waals surface area contributed by atoms with Crippen LogP contribution in [0.5, 0.6) is 0 Å². The van der Waals surface area contributed by atoms with Gasteiger partial charge in [-0.25, -0.2) is 0 Å². The van der Waals surface area contributed by atoms with Gasteiger partial charge in [0.25, 0.3) is 5.91 Å². The van der Waals surface area contributed by atoms with E-state index in [1.54, 1.807) is 16.7 Å². The van der Waals surface area contributed by atoms with Gasteiger partial charge in [-0.2, -0.15) is 11.8 Å². The number of nitrogens with zero attached hydrogens (tertiary/aromatic N) is 1. The normalized spacial score (nSPS) is 10.2. The Hall–Kier alpha value is -1.16. The molecule has 0 aliphatic heterocycles. The van der Waals surface area contributed by atoms with E-state index in [1.165, 1.54) is 0 Å². The van der Waals surface area contributed by atoms with Crippen LogP contribution in [-0.2, 0) is 0 Å². The first-order chi connectivity index (χ1) is 8.70. The highest BCUT2D eigenvalue weighted by atomic mass is 32.2. The average molecular weight is 266 g/mol. The molecule has 1 N–H and O–H groups in total. The number of amides is 1. The van der Waals surface area contributed by atoms with Crippen LogP contribution >= 0.6 is 11.8 Å². The number of hydrogen-bond donors (Lipinski definition) is 1. The molecule has 0 heterocycles. The average Bonchev–Trinajstić information content (AvgIpc) is 2.42. The van der Waals surface area contributed by atoms with Crippen LogP contribution < -0.4 is 5.32 Å². The Morgan fingerprint density at radius 1 is 1.39 bits per heavy atom. The van der Waals surface area contributed by atoms with Crippen LogP contribution in [-0.4, -0.2) is 43.0 Å². The molecule has 0 aliphatic rings. The smallest absolute Gasteiger partial charge is 0.255 e. The first-order valence-corrected chi connectivity index (χ1v) is 7.67. The van der Waals surface area contributed by atoms with Gasteiger partial charge in [0, 0.05) is 31.6 Å². The number of nitrogens with one attached hydrogen (secondary N) is 1. The van der Waals surface area contributed by atoms with E-state index in [2.05, 4.69) is 18.5 Å². The third-order valence-electron chi connectivity index (χ3n) is 2.70. The molecule has 0 spiro atoms. The third-order valence-corrected chi connectivity index (χ3v) is 3.29. The summed E-state index contributed by atoms with van der Waals surface area (Å²) in [4.78, 5) is 14.1. The van der Waals surface area contributed by atoms with Crippen molar-refractivity contribution in [2.45, 2.75) is 13.3 Å². The van der Waals surface area contributed by atoms with Crippen molar-refractivity contribution in [1.29, 1.82) is 0 Å². The van der Waals surface area contributed by atoms with Crippen molar-refractivity contribution < 1.29 is 4.79 Å². The van der Waals surface area contributed by atoms with Gasteiger partial charge in [-0.15, -0.1) is 0 Å². The molecule has 1 aromatic carbocycles. The van der Waals surface area contributed by atoms with E-state index in [0.717, 1.165) is 36.5 Å². The second-order valence-electron chi connectivity index (χ2n) is 4.19. The van der Waals surface area contributed by atoms with E-state index in [-0.39, 0.29) is 5.91 Å². The molecule has 1 aromatic rings. The highest BCUT2D eigenvalue weighted by Gasteiger charge is 2.14. The molecule has 0 aromatic heterocycles. The van der Waals surface area contributed by atoms with Gasteiger partial charge in [-0.05, 0) is 24.8 Å². The van der Waals surface area contributed by atoms with Crippen molar-refractivity contribution in [1.82, 2.24) is 4.90 Å². The molecule has 0 saturated carbocycles. The first-order valence-electron chi connectivity index (χ1n) is 6.28.